The zero-order chi connectivity index (χ0) is 20.3. The Labute approximate surface area is 181 Å². The van der Waals surface area contributed by atoms with Crippen LogP contribution in [0.2, 0.25) is 0 Å². The largest absolute Gasteiger partial charge is 0.339 e. The van der Waals surface area contributed by atoms with Gasteiger partial charge in [-0.1, -0.05) is 57.9 Å². The second kappa shape index (κ2) is 12.6. The topological polar surface area (TPSA) is 48.5 Å². The van der Waals surface area contributed by atoms with E-state index in [9.17, 15) is 4.79 Å². The standard InChI is InChI=1S/C23H38N4OS/c1-2-3-4-5-6-7-8-9-13-26-14-16-27(17-15-26)23(28)21-19-29-22(25-21)20-11-10-12-24-18-20/h10-12,18,21-22,25H,2-9,13-17,19H2,1H3. The quantitative estimate of drug-likeness (QED) is 0.549. The minimum atomic E-state index is -0.0653. The summed E-state index contributed by atoms with van der Waals surface area (Å²) in [6, 6.07) is 3.97. The summed E-state index contributed by atoms with van der Waals surface area (Å²) in [6.45, 7) is 7.25. The van der Waals surface area contributed by atoms with E-state index >= 15 is 0 Å². The molecule has 1 N–H and O–H groups in total. The number of carbonyl (C=O) groups excluding carboxylic acids is 1. The normalized spacial score (nSPS) is 22.9. The minimum Gasteiger partial charge on any atom is -0.339 e. The van der Waals surface area contributed by atoms with Gasteiger partial charge in [-0.05, 0) is 24.6 Å². The molecular weight excluding hydrogens is 380 g/mol. The Bertz CT molecular complexity index is 592. The maximum absolute atomic E-state index is 12.9. The number of carbonyl (C=O) groups is 1. The van der Waals surface area contributed by atoms with Crippen molar-refractivity contribution < 1.29 is 4.79 Å². The molecule has 2 unspecified atom stereocenters. The lowest BCUT2D eigenvalue weighted by atomic mass is 10.1. The van der Waals surface area contributed by atoms with Gasteiger partial charge in [0, 0.05) is 44.3 Å². The average molecular weight is 419 g/mol. The van der Waals surface area contributed by atoms with Crippen molar-refractivity contribution in [3.8, 4) is 0 Å². The third kappa shape index (κ3) is 7.26. The Kier molecular flexibility index (Phi) is 9.77. The lowest BCUT2D eigenvalue weighted by Crippen LogP contribution is -2.53. The summed E-state index contributed by atoms with van der Waals surface area (Å²) in [5.74, 6) is 1.12. The van der Waals surface area contributed by atoms with Crippen LogP contribution in [-0.2, 0) is 4.79 Å². The van der Waals surface area contributed by atoms with Crippen LogP contribution in [0, 0.1) is 0 Å². The van der Waals surface area contributed by atoms with Crippen molar-refractivity contribution in [3.63, 3.8) is 0 Å². The van der Waals surface area contributed by atoms with Crippen LogP contribution < -0.4 is 5.32 Å². The molecule has 3 rings (SSSR count). The molecule has 0 saturated carbocycles. The number of unbranched alkanes of at least 4 members (excludes halogenated alkanes) is 7. The van der Waals surface area contributed by atoms with E-state index in [-0.39, 0.29) is 17.3 Å². The van der Waals surface area contributed by atoms with Crippen molar-refractivity contribution in [1.82, 2.24) is 20.1 Å². The second-order valence-corrected chi connectivity index (χ2v) is 9.50. The van der Waals surface area contributed by atoms with E-state index in [4.69, 9.17) is 0 Å². The fraction of sp³-hybridized carbons (Fsp3) is 0.739. The van der Waals surface area contributed by atoms with Gasteiger partial charge in [0.15, 0.2) is 0 Å². The fourth-order valence-corrected chi connectivity index (χ4v) is 5.44. The third-order valence-electron chi connectivity index (χ3n) is 6.08. The Morgan fingerprint density at radius 3 is 2.52 bits per heavy atom. The van der Waals surface area contributed by atoms with Crippen LogP contribution in [0.4, 0.5) is 0 Å². The highest BCUT2D eigenvalue weighted by Gasteiger charge is 2.34. The van der Waals surface area contributed by atoms with Gasteiger partial charge in [-0.15, -0.1) is 11.8 Å². The predicted molar refractivity (Wildman–Crippen MR) is 122 cm³/mol. The molecule has 3 heterocycles. The number of nitrogens with zero attached hydrogens (tertiary/aromatic N) is 3. The molecule has 2 atom stereocenters. The van der Waals surface area contributed by atoms with E-state index in [1.165, 1.54) is 57.9 Å². The molecule has 2 aliphatic heterocycles. The van der Waals surface area contributed by atoms with Crippen molar-refractivity contribution in [2.45, 2.75) is 69.7 Å². The van der Waals surface area contributed by atoms with Gasteiger partial charge in [0.1, 0.15) is 0 Å². The summed E-state index contributed by atoms with van der Waals surface area (Å²) in [5.41, 5.74) is 1.16. The maximum Gasteiger partial charge on any atom is 0.240 e. The van der Waals surface area contributed by atoms with Gasteiger partial charge >= 0.3 is 0 Å². The number of amides is 1. The van der Waals surface area contributed by atoms with E-state index in [0.717, 1.165) is 37.5 Å². The number of piperazine rings is 1. The van der Waals surface area contributed by atoms with Crippen LogP contribution in [0.3, 0.4) is 0 Å². The maximum atomic E-state index is 12.9. The van der Waals surface area contributed by atoms with Gasteiger partial charge in [0.2, 0.25) is 5.91 Å². The predicted octanol–water partition coefficient (Wildman–Crippen LogP) is 4.07. The van der Waals surface area contributed by atoms with Gasteiger partial charge in [0.25, 0.3) is 0 Å². The number of nitrogens with one attached hydrogen (secondary N) is 1. The summed E-state index contributed by atoms with van der Waals surface area (Å²) in [4.78, 5) is 21.7. The summed E-state index contributed by atoms with van der Waals surface area (Å²) in [6.07, 6.45) is 14.6. The van der Waals surface area contributed by atoms with Gasteiger partial charge in [0.05, 0.1) is 11.4 Å². The van der Waals surface area contributed by atoms with Crippen LogP contribution in [-0.4, -0.2) is 65.2 Å². The number of aromatic nitrogens is 1. The van der Waals surface area contributed by atoms with E-state index in [0.29, 0.717) is 0 Å². The highest BCUT2D eigenvalue weighted by molar-refractivity contribution is 7.99. The molecule has 5 nitrogen and oxygen atoms in total. The molecule has 0 spiro atoms. The van der Waals surface area contributed by atoms with Gasteiger partial charge in [-0.25, -0.2) is 0 Å². The van der Waals surface area contributed by atoms with E-state index < -0.39 is 0 Å². The average Bonchev–Trinajstić information content (AvgIpc) is 3.26. The molecule has 2 fully saturated rings. The number of pyridine rings is 1. The van der Waals surface area contributed by atoms with Crippen LogP contribution in [0.1, 0.15) is 69.2 Å². The summed E-state index contributed by atoms with van der Waals surface area (Å²) in [7, 11) is 0. The smallest absolute Gasteiger partial charge is 0.240 e. The molecule has 2 saturated heterocycles. The van der Waals surface area contributed by atoms with Gasteiger partial charge in [-0.2, -0.15) is 0 Å². The Balaban J connectivity index is 1.28. The zero-order valence-electron chi connectivity index (χ0n) is 18.0. The van der Waals surface area contributed by atoms with Crippen molar-refractivity contribution in [1.29, 1.82) is 0 Å². The Hall–Kier alpha value is -1.11. The van der Waals surface area contributed by atoms with Crippen molar-refractivity contribution >= 4 is 17.7 Å². The SMILES string of the molecule is CCCCCCCCCCN1CCN(C(=O)C2CSC(c3cccnc3)N2)CC1. The van der Waals surface area contributed by atoms with Crippen molar-refractivity contribution in [2.24, 2.45) is 0 Å². The summed E-state index contributed by atoms with van der Waals surface area (Å²) in [5, 5.41) is 3.68. The summed E-state index contributed by atoms with van der Waals surface area (Å²) >= 11 is 1.81. The van der Waals surface area contributed by atoms with Crippen LogP contribution >= 0.6 is 11.8 Å². The van der Waals surface area contributed by atoms with Crippen LogP contribution in [0.5, 0.6) is 0 Å². The molecule has 0 radical (unpaired) electrons. The highest BCUT2D eigenvalue weighted by Crippen LogP contribution is 2.32. The first-order valence-corrected chi connectivity index (χ1v) is 12.6. The van der Waals surface area contributed by atoms with Crippen molar-refractivity contribution in [2.75, 3.05) is 38.5 Å². The second-order valence-electron chi connectivity index (χ2n) is 8.36. The first-order chi connectivity index (χ1) is 14.3. The number of rotatable bonds is 11. The van der Waals surface area contributed by atoms with E-state index in [1.807, 2.05) is 24.0 Å². The molecule has 0 aliphatic carbocycles. The molecule has 2 aliphatic rings. The molecular formula is C23H38N4OS. The fourth-order valence-electron chi connectivity index (χ4n) is 4.22. The Morgan fingerprint density at radius 1 is 1.10 bits per heavy atom. The van der Waals surface area contributed by atoms with E-state index in [1.54, 1.807) is 6.20 Å². The summed E-state index contributed by atoms with van der Waals surface area (Å²) < 4.78 is 0. The van der Waals surface area contributed by atoms with Crippen LogP contribution in [0.15, 0.2) is 24.5 Å². The lowest BCUT2D eigenvalue weighted by molar-refractivity contribution is -0.134. The highest BCUT2D eigenvalue weighted by atomic mass is 32.2. The monoisotopic (exact) mass is 418 g/mol. The molecule has 1 aromatic rings. The third-order valence-corrected chi connectivity index (χ3v) is 7.35. The van der Waals surface area contributed by atoms with E-state index in [2.05, 4.69) is 33.1 Å². The molecule has 29 heavy (non-hydrogen) atoms. The lowest BCUT2D eigenvalue weighted by Gasteiger charge is -2.36. The first kappa shape index (κ1) is 22.6. The molecule has 1 amide bonds. The number of thioether (sulfide) groups is 1. The van der Waals surface area contributed by atoms with Crippen LogP contribution in [0.25, 0.3) is 0 Å². The molecule has 0 bridgehead atoms. The first-order valence-electron chi connectivity index (χ1n) is 11.6. The van der Waals surface area contributed by atoms with Gasteiger partial charge < -0.3 is 4.90 Å². The zero-order valence-corrected chi connectivity index (χ0v) is 18.8. The van der Waals surface area contributed by atoms with Crippen molar-refractivity contribution in [3.05, 3.63) is 30.1 Å². The minimum absolute atomic E-state index is 0.0653. The number of hydrogen-bond donors (Lipinski definition) is 1. The van der Waals surface area contributed by atoms with Gasteiger partial charge in [-0.3, -0.25) is 20.0 Å². The molecule has 162 valence electrons. The molecule has 6 heteroatoms. The number of hydrogen-bond acceptors (Lipinski definition) is 5. The molecule has 0 aromatic carbocycles. The Morgan fingerprint density at radius 2 is 1.83 bits per heavy atom. The molecule has 1 aromatic heterocycles.